The first kappa shape index (κ1) is 10.8. The molecule has 3 heteroatoms. The number of hydrogen-bond donors (Lipinski definition) is 1. The molecule has 0 saturated heterocycles. The van der Waals surface area contributed by atoms with Gasteiger partial charge in [-0.1, -0.05) is 29.8 Å². The number of aromatic nitrogens is 2. The van der Waals surface area contributed by atoms with E-state index in [-0.39, 0.29) is 0 Å². The number of nitrogens with two attached hydrogens (primary N) is 1. The third kappa shape index (κ3) is 1.56. The van der Waals surface area contributed by atoms with Crippen LogP contribution in [0.15, 0.2) is 42.5 Å². The Kier molecular flexibility index (Phi) is 2.33. The van der Waals surface area contributed by atoms with Gasteiger partial charge in [-0.15, -0.1) is 0 Å². The molecule has 0 bridgehead atoms. The fourth-order valence-electron chi connectivity index (χ4n) is 2.40. The van der Waals surface area contributed by atoms with E-state index in [0.29, 0.717) is 0 Å². The van der Waals surface area contributed by atoms with Gasteiger partial charge in [0.25, 0.3) is 0 Å². The highest BCUT2D eigenvalue weighted by Crippen LogP contribution is 2.32. The van der Waals surface area contributed by atoms with E-state index in [2.05, 4.69) is 36.3 Å². The third-order valence-corrected chi connectivity index (χ3v) is 3.18. The molecular weight excluding hydrogens is 222 g/mol. The second-order valence-electron chi connectivity index (χ2n) is 4.58. The normalized spacial score (nSPS) is 11.0. The number of nitrogens with zero attached hydrogens (tertiary/aromatic N) is 2. The molecule has 0 saturated carbocycles. The van der Waals surface area contributed by atoms with E-state index < -0.39 is 0 Å². The van der Waals surface area contributed by atoms with E-state index in [0.717, 1.165) is 27.8 Å². The Hall–Kier alpha value is -2.29. The molecule has 3 rings (SSSR count). The molecule has 3 nitrogen and oxygen atoms in total. The van der Waals surface area contributed by atoms with Crippen molar-refractivity contribution < 1.29 is 0 Å². The summed E-state index contributed by atoms with van der Waals surface area (Å²) in [7, 11) is 1.96. The lowest BCUT2D eigenvalue weighted by Crippen LogP contribution is -1.94. The Morgan fingerprint density at radius 1 is 1.11 bits per heavy atom. The molecule has 3 aromatic rings. The largest absolute Gasteiger partial charge is 0.398 e. The van der Waals surface area contributed by atoms with Gasteiger partial charge in [0.1, 0.15) is 0 Å². The van der Waals surface area contributed by atoms with E-state index in [1.54, 1.807) is 0 Å². The second-order valence-corrected chi connectivity index (χ2v) is 4.58. The van der Waals surface area contributed by atoms with Gasteiger partial charge in [-0.2, -0.15) is 5.10 Å². The number of hydrogen-bond acceptors (Lipinski definition) is 2. The van der Waals surface area contributed by atoms with Gasteiger partial charge < -0.3 is 5.73 Å². The maximum atomic E-state index is 6.09. The molecule has 0 aliphatic carbocycles. The lowest BCUT2D eigenvalue weighted by molar-refractivity contribution is 0.788. The van der Waals surface area contributed by atoms with Crippen LogP contribution in [0, 0.1) is 6.92 Å². The highest BCUT2D eigenvalue weighted by atomic mass is 15.3. The maximum absolute atomic E-state index is 6.09. The van der Waals surface area contributed by atoms with Gasteiger partial charge in [-0.25, -0.2) is 0 Å². The van der Waals surface area contributed by atoms with Gasteiger partial charge in [-0.3, -0.25) is 4.68 Å². The lowest BCUT2D eigenvalue weighted by atomic mass is 10.0. The average Bonchev–Trinajstić information content (AvgIpc) is 2.67. The minimum Gasteiger partial charge on any atom is -0.398 e. The van der Waals surface area contributed by atoms with Crippen molar-refractivity contribution in [2.45, 2.75) is 6.92 Å². The first-order chi connectivity index (χ1) is 8.66. The van der Waals surface area contributed by atoms with Gasteiger partial charge >= 0.3 is 0 Å². The summed E-state index contributed by atoms with van der Waals surface area (Å²) in [6, 6.07) is 14.2. The number of aryl methyl sites for hydroxylation is 2. The van der Waals surface area contributed by atoms with Crippen LogP contribution in [0.25, 0.3) is 22.2 Å². The van der Waals surface area contributed by atoms with Gasteiger partial charge in [0.15, 0.2) is 0 Å². The van der Waals surface area contributed by atoms with E-state index in [1.165, 1.54) is 5.56 Å². The number of benzene rings is 2. The summed E-state index contributed by atoms with van der Waals surface area (Å²) >= 11 is 0. The van der Waals surface area contributed by atoms with Crippen LogP contribution in [0.3, 0.4) is 0 Å². The summed E-state index contributed by atoms with van der Waals surface area (Å²) < 4.78 is 1.90. The number of nitrogen functional groups attached to an aromatic ring is 1. The minimum absolute atomic E-state index is 0.775. The van der Waals surface area contributed by atoms with Crippen molar-refractivity contribution in [3.8, 4) is 11.3 Å². The predicted octanol–water partition coefficient (Wildman–Crippen LogP) is 3.13. The molecule has 0 spiro atoms. The third-order valence-electron chi connectivity index (χ3n) is 3.18. The van der Waals surface area contributed by atoms with Gasteiger partial charge in [0.05, 0.1) is 16.6 Å². The van der Waals surface area contributed by atoms with Crippen LogP contribution in [-0.4, -0.2) is 9.78 Å². The summed E-state index contributed by atoms with van der Waals surface area (Å²) in [5.41, 5.74) is 11.3. The number of anilines is 1. The molecule has 0 aliphatic heterocycles. The fourth-order valence-corrected chi connectivity index (χ4v) is 2.40. The topological polar surface area (TPSA) is 43.8 Å². The smallest absolute Gasteiger partial charge is 0.0950 e. The molecule has 18 heavy (non-hydrogen) atoms. The zero-order chi connectivity index (χ0) is 12.7. The minimum atomic E-state index is 0.775. The first-order valence-electron chi connectivity index (χ1n) is 5.95. The Morgan fingerprint density at radius 2 is 1.89 bits per heavy atom. The molecular formula is C15H15N3. The van der Waals surface area contributed by atoms with Crippen LogP contribution in [0.5, 0.6) is 0 Å². The van der Waals surface area contributed by atoms with E-state index in [9.17, 15) is 0 Å². The van der Waals surface area contributed by atoms with E-state index in [4.69, 9.17) is 5.73 Å². The molecule has 90 valence electrons. The Morgan fingerprint density at radius 3 is 2.67 bits per heavy atom. The van der Waals surface area contributed by atoms with Crippen LogP contribution in [0.4, 0.5) is 5.69 Å². The van der Waals surface area contributed by atoms with Crippen LogP contribution in [0.2, 0.25) is 0 Å². The van der Waals surface area contributed by atoms with Crippen molar-refractivity contribution >= 4 is 16.6 Å². The second kappa shape index (κ2) is 3.88. The maximum Gasteiger partial charge on any atom is 0.0950 e. The summed E-state index contributed by atoms with van der Waals surface area (Å²) in [5.74, 6) is 0. The number of rotatable bonds is 1. The molecule has 0 radical (unpaired) electrons. The number of fused-ring (bicyclic) bond motifs is 1. The summed E-state index contributed by atoms with van der Waals surface area (Å²) in [6.45, 7) is 2.09. The van der Waals surface area contributed by atoms with Gasteiger partial charge in [-0.05, 0) is 25.1 Å². The molecule has 0 atom stereocenters. The highest BCUT2D eigenvalue weighted by molar-refractivity contribution is 6.01. The quantitative estimate of drug-likeness (QED) is 0.661. The van der Waals surface area contributed by atoms with Crippen LogP contribution < -0.4 is 5.73 Å². The van der Waals surface area contributed by atoms with Crippen molar-refractivity contribution in [1.82, 2.24) is 9.78 Å². The molecule has 0 aliphatic rings. The summed E-state index contributed by atoms with van der Waals surface area (Å²) in [6.07, 6.45) is 0. The van der Waals surface area contributed by atoms with Gasteiger partial charge in [0.2, 0.25) is 0 Å². The zero-order valence-electron chi connectivity index (χ0n) is 10.5. The standard InChI is InChI=1S/C15H15N3/c1-10-5-3-6-11(9-10)15-14-12(16)7-4-8-13(14)17-18(15)2/h3-9H,16H2,1-2H3. The van der Waals surface area contributed by atoms with Crippen LogP contribution in [0.1, 0.15) is 5.56 Å². The van der Waals surface area contributed by atoms with Gasteiger partial charge in [0, 0.05) is 18.3 Å². The zero-order valence-corrected chi connectivity index (χ0v) is 10.5. The van der Waals surface area contributed by atoms with Crippen molar-refractivity contribution in [2.24, 2.45) is 7.05 Å². The first-order valence-corrected chi connectivity index (χ1v) is 5.95. The lowest BCUT2D eigenvalue weighted by Gasteiger charge is -2.05. The Labute approximate surface area is 106 Å². The Bertz CT molecular complexity index is 726. The van der Waals surface area contributed by atoms with Crippen LogP contribution in [-0.2, 0) is 7.05 Å². The molecule has 0 unspecified atom stereocenters. The molecule has 0 amide bonds. The molecule has 1 aromatic heterocycles. The van der Waals surface area contributed by atoms with Crippen molar-refractivity contribution in [2.75, 3.05) is 5.73 Å². The van der Waals surface area contributed by atoms with Crippen molar-refractivity contribution in [1.29, 1.82) is 0 Å². The Balaban J connectivity index is 2.38. The molecule has 1 heterocycles. The molecule has 2 aromatic carbocycles. The van der Waals surface area contributed by atoms with Crippen molar-refractivity contribution in [3.63, 3.8) is 0 Å². The van der Waals surface area contributed by atoms with E-state index in [1.807, 2.05) is 29.9 Å². The monoisotopic (exact) mass is 237 g/mol. The van der Waals surface area contributed by atoms with Crippen molar-refractivity contribution in [3.05, 3.63) is 48.0 Å². The predicted molar refractivity (Wildman–Crippen MR) is 75.3 cm³/mol. The average molecular weight is 237 g/mol. The summed E-state index contributed by atoms with van der Waals surface area (Å²) in [5, 5.41) is 5.55. The highest BCUT2D eigenvalue weighted by Gasteiger charge is 2.13. The van der Waals surface area contributed by atoms with E-state index >= 15 is 0 Å². The molecule has 0 fully saturated rings. The summed E-state index contributed by atoms with van der Waals surface area (Å²) in [4.78, 5) is 0. The molecule has 2 N–H and O–H groups in total. The SMILES string of the molecule is Cc1cccc(-c2c3c(N)cccc3nn2C)c1. The van der Waals surface area contributed by atoms with Crippen LogP contribution >= 0.6 is 0 Å². The fraction of sp³-hybridized carbons (Fsp3) is 0.133.